The van der Waals surface area contributed by atoms with E-state index >= 15 is 0 Å². The van der Waals surface area contributed by atoms with Gasteiger partial charge in [-0.3, -0.25) is 19.3 Å². The van der Waals surface area contributed by atoms with Gasteiger partial charge in [0.25, 0.3) is 5.91 Å². The summed E-state index contributed by atoms with van der Waals surface area (Å²) in [5, 5.41) is 2.42. The number of halogens is 1. The maximum Gasteiger partial charge on any atom is 0.287 e. The van der Waals surface area contributed by atoms with Crippen LogP contribution in [0.1, 0.15) is 36.2 Å². The minimum absolute atomic E-state index is 0.0330. The lowest BCUT2D eigenvalue weighted by molar-refractivity contribution is -0.128. The smallest absolute Gasteiger partial charge is 0.287 e. The van der Waals surface area contributed by atoms with Crippen molar-refractivity contribution in [3.05, 3.63) is 36.6 Å². The van der Waals surface area contributed by atoms with E-state index < -0.39 is 5.91 Å². The number of fused-ring (bicyclic) bond motifs is 1. The molecule has 3 aliphatic rings. The van der Waals surface area contributed by atoms with Crippen LogP contribution in [-0.4, -0.2) is 75.6 Å². The number of ketones is 2. The molecule has 2 aromatic heterocycles. The summed E-state index contributed by atoms with van der Waals surface area (Å²) in [5.41, 5.74) is 0.657. The highest BCUT2D eigenvalue weighted by Crippen LogP contribution is 2.38. The lowest BCUT2D eigenvalue weighted by Crippen LogP contribution is -2.52. The van der Waals surface area contributed by atoms with Crippen LogP contribution in [0.2, 0.25) is 0 Å². The number of amides is 1. The Balaban J connectivity index is 1.23. The van der Waals surface area contributed by atoms with Crippen molar-refractivity contribution >= 4 is 29.1 Å². The fourth-order valence-electron chi connectivity index (χ4n) is 5.29. The summed E-state index contributed by atoms with van der Waals surface area (Å²) in [6.07, 6.45) is 7.78. The predicted molar refractivity (Wildman–Crippen MR) is 118 cm³/mol. The van der Waals surface area contributed by atoms with Gasteiger partial charge >= 0.3 is 0 Å². The molecule has 1 N–H and O–H groups in total. The zero-order chi connectivity index (χ0) is 22.9. The van der Waals surface area contributed by atoms with Crippen molar-refractivity contribution in [2.24, 2.45) is 5.92 Å². The lowest BCUT2D eigenvalue weighted by Gasteiger charge is -2.39. The van der Waals surface area contributed by atoms with Crippen LogP contribution in [0.3, 0.4) is 0 Å². The molecule has 9 nitrogen and oxygen atoms in total. The second-order valence-electron chi connectivity index (χ2n) is 8.80. The molecular weight excluding hydrogens is 448 g/mol. The third kappa shape index (κ3) is 4.32. The normalized spacial score (nSPS) is 29.7. The van der Waals surface area contributed by atoms with Crippen LogP contribution in [0.25, 0.3) is 11.3 Å². The molecule has 1 amide bonds. The zero-order valence-corrected chi connectivity index (χ0v) is 18.7. The standard InChI is InChI=1S/C23H25ClN4O5/c24-15-10-28(21-18(30)11-32-22(15)21)16-4-2-1-3-14(16)17(29)9-27-23(31)20-6-5-19(33-20)13-7-25-12-26-8-13/h5-8,12,14-16,21-22H,1-4,9-11H2,(H,27,31)/t14?,15-,16?,21+,22+/m0/s1. The third-order valence-electron chi connectivity index (χ3n) is 6.83. The first-order valence-corrected chi connectivity index (χ1v) is 11.7. The summed E-state index contributed by atoms with van der Waals surface area (Å²) < 4.78 is 11.2. The second kappa shape index (κ2) is 9.32. The number of likely N-dealkylation sites (tertiary alicyclic amines) is 1. The van der Waals surface area contributed by atoms with Gasteiger partial charge in [-0.2, -0.15) is 0 Å². The highest BCUT2D eigenvalue weighted by Gasteiger charge is 2.53. The third-order valence-corrected chi connectivity index (χ3v) is 7.21. The Kier molecular flexibility index (Phi) is 6.27. The molecule has 10 heteroatoms. The van der Waals surface area contributed by atoms with E-state index in [0.29, 0.717) is 17.9 Å². The van der Waals surface area contributed by atoms with E-state index in [-0.39, 0.29) is 60.0 Å². The quantitative estimate of drug-likeness (QED) is 0.633. The fraction of sp³-hybridized carbons (Fsp3) is 0.522. The molecule has 2 aliphatic heterocycles. The Morgan fingerprint density at radius 3 is 2.79 bits per heavy atom. The van der Waals surface area contributed by atoms with Crippen molar-refractivity contribution in [1.82, 2.24) is 20.2 Å². The van der Waals surface area contributed by atoms with E-state index in [9.17, 15) is 14.4 Å². The number of carbonyl (C=O) groups excluding carboxylic acids is 3. The number of carbonyl (C=O) groups is 3. The summed E-state index contributed by atoms with van der Waals surface area (Å²) in [7, 11) is 0. The summed E-state index contributed by atoms with van der Waals surface area (Å²) in [4.78, 5) is 48.1. The van der Waals surface area contributed by atoms with Gasteiger partial charge in [-0.1, -0.05) is 12.8 Å². The Labute approximate surface area is 195 Å². The van der Waals surface area contributed by atoms with Gasteiger partial charge < -0.3 is 14.5 Å². The molecule has 0 radical (unpaired) electrons. The highest BCUT2D eigenvalue weighted by molar-refractivity contribution is 6.22. The molecule has 0 bridgehead atoms. The van der Waals surface area contributed by atoms with Crippen LogP contribution in [-0.2, 0) is 14.3 Å². The van der Waals surface area contributed by atoms with Crippen LogP contribution in [0.15, 0.2) is 35.3 Å². The van der Waals surface area contributed by atoms with Gasteiger partial charge in [0.15, 0.2) is 17.3 Å². The fourth-order valence-corrected chi connectivity index (χ4v) is 5.66. The number of Topliss-reactive ketones (excluding diaryl/α,β-unsaturated/α-hetero) is 2. The maximum atomic E-state index is 13.1. The van der Waals surface area contributed by atoms with Gasteiger partial charge in [0.05, 0.1) is 29.6 Å². The molecule has 174 valence electrons. The zero-order valence-electron chi connectivity index (χ0n) is 18.0. The van der Waals surface area contributed by atoms with E-state index in [1.807, 2.05) is 0 Å². The van der Waals surface area contributed by atoms with E-state index in [1.165, 1.54) is 6.33 Å². The van der Waals surface area contributed by atoms with Gasteiger partial charge in [-0.15, -0.1) is 11.6 Å². The van der Waals surface area contributed by atoms with Gasteiger partial charge in [0.1, 0.15) is 18.7 Å². The molecule has 2 saturated heterocycles. The first-order chi connectivity index (χ1) is 16.0. The maximum absolute atomic E-state index is 13.1. The van der Waals surface area contributed by atoms with E-state index in [4.69, 9.17) is 20.8 Å². The molecule has 0 aromatic carbocycles. The highest BCUT2D eigenvalue weighted by atomic mass is 35.5. The van der Waals surface area contributed by atoms with Crippen LogP contribution < -0.4 is 5.32 Å². The number of nitrogens with one attached hydrogen (secondary N) is 1. The van der Waals surface area contributed by atoms with E-state index in [1.54, 1.807) is 24.5 Å². The van der Waals surface area contributed by atoms with Crippen molar-refractivity contribution in [2.45, 2.75) is 49.2 Å². The van der Waals surface area contributed by atoms with Crippen LogP contribution >= 0.6 is 11.6 Å². The van der Waals surface area contributed by atoms with Crippen LogP contribution in [0.4, 0.5) is 0 Å². The first kappa shape index (κ1) is 22.2. The Morgan fingerprint density at radius 2 is 1.97 bits per heavy atom. The van der Waals surface area contributed by atoms with Crippen LogP contribution in [0.5, 0.6) is 0 Å². The predicted octanol–water partition coefficient (Wildman–Crippen LogP) is 1.85. The average molecular weight is 473 g/mol. The molecule has 4 heterocycles. The molecule has 3 fully saturated rings. The summed E-state index contributed by atoms with van der Waals surface area (Å²) in [5.74, 6) is -0.142. The molecule has 33 heavy (non-hydrogen) atoms. The SMILES string of the molecule is O=C(NCC(=O)C1CCCCC1N1C[C@H](Cl)[C@H]2OCC(=O)[C@H]21)c1ccc(-c2cncnc2)o1. The van der Waals surface area contributed by atoms with Crippen molar-refractivity contribution in [3.8, 4) is 11.3 Å². The van der Waals surface area contributed by atoms with E-state index in [0.717, 1.165) is 25.7 Å². The first-order valence-electron chi connectivity index (χ1n) is 11.2. The number of aromatic nitrogens is 2. The summed E-state index contributed by atoms with van der Waals surface area (Å²) in [6, 6.07) is 2.78. The number of hydrogen-bond acceptors (Lipinski definition) is 8. The Hall–Kier alpha value is -2.62. The molecule has 0 spiro atoms. The second-order valence-corrected chi connectivity index (χ2v) is 9.36. The number of rotatable bonds is 6. The number of alkyl halides is 1. The van der Waals surface area contributed by atoms with Crippen LogP contribution in [0, 0.1) is 5.92 Å². The molecule has 2 aromatic rings. The summed E-state index contributed by atoms with van der Waals surface area (Å²) >= 11 is 6.46. The largest absolute Gasteiger partial charge is 0.451 e. The molecule has 2 unspecified atom stereocenters. The van der Waals surface area contributed by atoms with E-state index in [2.05, 4.69) is 20.2 Å². The van der Waals surface area contributed by atoms with Gasteiger partial charge in [0.2, 0.25) is 0 Å². The van der Waals surface area contributed by atoms with Gasteiger partial charge in [-0.05, 0) is 25.0 Å². The molecule has 1 aliphatic carbocycles. The number of hydrogen-bond donors (Lipinski definition) is 1. The molecule has 5 rings (SSSR count). The average Bonchev–Trinajstić information content (AvgIpc) is 3.56. The topological polar surface area (TPSA) is 115 Å². The van der Waals surface area contributed by atoms with Crippen molar-refractivity contribution < 1.29 is 23.5 Å². The number of furan rings is 1. The molecule has 5 atom stereocenters. The minimum Gasteiger partial charge on any atom is -0.451 e. The van der Waals surface area contributed by atoms with Crippen molar-refractivity contribution in [2.75, 3.05) is 19.7 Å². The van der Waals surface area contributed by atoms with Gasteiger partial charge in [0, 0.05) is 30.9 Å². The van der Waals surface area contributed by atoms with Crippen molar-refractivity contribution in [1.29, 1.82) is 0 Å². The van der Waals surface area contributed by atoms with Gasteiger partial charge in [-0.25, -0.2) is 9.97 Å². The summed E-state index contributed by atoms with van der Waals surface area (Å²) in [6.45, 7) is 0.514. The minimum atomic E-state index is -0.458. The monoisotopic (exact) mass is 472 g/mol. The Morgan fingerprint density at radius 1 is 1.18 bits per heavy atom. The number of nitrogens with zero attached hydrogens (tertiary/aromatic N) is 3. The Bertz CT molecular complexity index is 1040. The molecular formula is C23H25ClN4O5. The molecule has 1 saturated carbocycles. The number of ether oxygens (including phenoxy) is 1. The van der Waals surface area contributed by atoms with Crippen molar-refractivity contribution in [3.63, 3.8) is 0 Å². The lowest BCUT2D eigenvalue weighted by atomic mass is 9.80.